The Bertz CT molecular complexity index is 1050. The van der Waals surface area contributed by atoms with E-state index < -0.39 is 10.8 Å². The Hall–Kier alpha value is -1.84. The van der Waals surface area contributed by atoms with E-state index in [1.54, 1.807) is 42.0 Å². The minimum Gasteiger partial charge on any atom is -0.327 e. The summed E-state index contributed by atoms with van der Waals surface area (Å²) < 4.78 is 30.3. The first kappa shape index (κ1) is 20.4. The van der Waals surface area contributed by atoms with Crippen LogP contribution in [0, 0.1) is 5.82 Å². The quantitative estimate of drug-likeness (QED) is 0.279. The molecule has 1 fully saturated rings. The number of benzene rings is 1. The van der Waals surface area contributed by atoms with Gasteiger partial charge in [0.05, 0.1) is 37.8 Å². The molecule has 1 aromatic carbocycles. The molecule has 152 valence electrons. The number of anilines is 1. The maximum atomic E-state index is 15.3. The Morgan fingerprint density at radius 2 is 2.14 bits per heavy atom. The van der Waals surface area contributed by atoms with Gasteiger partial charge < -0.3 is 4.72 Å². The van der Waals surface area contributed by atoms with Gasteiger partial charge in [-0.05, 0) is 37.5 Å². The topological polar surface area (TPSA) is 67.8 Å². The zero-order valence-electron chi connectivity index (χ0n) is 16.1. The highest BCUT2D eigenvalue weighted by molar-refractivity contribution is 8.00. The van der Waals surface area contributed by atoms with Crippen molar-refractivity contribution in [2.24, 2.45) is 0 Å². The number of thiazole rings is 1. The van der Waals surface area contributed by atoms with Crippen molar-refractivity contribution < 1.29 is 8.60 Å². The maximum absolute atomic E-state index is 15.3. The van der Waals surface area contributed by atoms with Gasteiger partial charge in [0.2, 0.25) is 5.16 Å². The van der Waals surface area contributed by atoms with Crippen LogP contribution in [0.3, 0.4) is 0 Å². The molecule has 0 amide bonds. The van der Waals surface area contributed by atoms with E-state index in [2.05, 4.69) is 21.6 Å². The van der Waals surface area contributed by atoms with Crippen LogP contribution in [-0.2, 0) is 10.8 Å². The summed E-state index contributed by atoms with van der Waals surface area (Å²) in [5.41, 5.74) is 2.11. The molecule has 1 aliphatic carbocycles. The lowest BCUT2D eigenvalue weighted by Crippen LogP contribution is -1.98. The van der Waals surface area contributed by atoms with Crippen LogP contribution < -0.4 is 4.72 Å². The highest BCUT2D eigenvalue weighted by Crippen LogP contribution is 2.47. The molecule has 1 unspecified atom stereocenters. The molecule has 3 aromatic rings. The number of aromatic nitrogens is 3. The summed E-state index contributed by atoms with van der Waals surface area (Å²) in [7, 11) is -1.29. The largest absolute Gasteiger partial charge is 0.327 e. The van der Waals surface area contributed by atoms with E-state index in [9.17, 15) is 4.21 Å². The molecule has 0 bridgehead atoms. The van der Waals surface area contributed by atoms with Crippen LogP contribution in [0.15, 0.2) is 35.6 Å². The van der Waals surface area contributed by atoms with Crippen LogP contribution in [0.25, 0.3) is 21.8 Å². The smallest absolute Gasteiger partial charge is 0.218 e. The number of hydrogen-bond acceptors (Lipinski definition) is 7. The Balaban J connectivity index is 1.79. The molecule has 1 N–H and O–H groups in total. The van der Waals surface area contributed by atoms with Gasteiger partial charge >= 0.3 is 0 Å². The minimum absolute atomic E-state index is 0.265. The summed E-state index contributed by atoms with van der Waals surface area (Å²) in [5.74, 6) is 1.02. The van der Waals surface area contributed by atoms with Crippen LogP contribution >= 0.6 is 23.3 Å². The number of rotatable bonds is 8. The maximum Gasteiger partial charge on any atom is 0.218 e. The average molecular weight is 449 g/mol. The number of nitrogens with zero attached hydrogens (tertiary/aromatic N) is 3. The van der Waals surface area contributed by atoms with Gasteiger partial charge in [-0.25, -0.2) is 19.3 Å². The SMILES string of the molecule is CCCSNc1cccc(-c2nc(C3CC3)sc2-c2ccnc(S(C)=O)n2)c1F. The molecule has 1 aliphatic rings. The second-order valence-corrected chi connectivity index (χ2v) is 10.0. The molecule has 4 rings (SSSR count). The standard InChI is InChI=1S/C20H21FN4OS3/c1-3-11-27-25-14-6-4-5-13(16(14)21)17-18(28-19(24-17)12-7-8-12)15-9-10-22-20(23-15)29(2)26/h4-6,9-10,12,25H,3,7-8,11H2,1-2H3. The summed E-state index contributed by atoms with van der Waals surface area (Å²) in [6, 6.07) is 7.08. The second-order valence-electron chi connectivity index (χ2n) is 6.80. The fourth-order valence-corrected chi connectivity index (χ4v) is 5.10. The highest BCUT2D eigenvalue weighted by Gasteiger charge is 2.30. The lowest BCUT2D eigenvalue weighted by Gasteiger charge is -2.10. The predicted molar refractivity (Wildman–Crippen MR) is 119 cm³/mol. The van der Waals surface area contributed by atoms with E-state index in [1.807, 2.05) is 6.07 Å². The van der Waals surface area contributed by atoms with Crippen molar-refractivity contribution in [2.75, 3.05) is 16.7 Å². The third-order valence-electron chi connectivity index (χ3n) is 4.44. The molecule has 5 nitrogen and oxygen atoms in total. The molecular formula is C20H21FN4OS3. The predicted octanol–water partition coefficient (Wildman–Crippen LogP) is 5.49. The van der Waals surface area contributed by atoms with E-state index in [0.29, 0.717) is 28.6 Å². The summed E-state index contributed by atoms with van der Waals surface area (Å²) in [6.45, 7) is 2.09. The molecule has 29 heavy (non-hydrogen) atoms. The zero-order valence-corrected chi connectivity index (χ0v) is 18.6. The monoisotopic (exact) mass is 448 g/mol. The summed E-state index contributed by atoms with van der Waals surface area (Å²) in [6.07, 6.45) is 6.37. The van der Waals surface area contributed by atoms with E-state index >= 15 is 4.39 Å². The first-order valence-electron chi connectivity index (χ1n) is 9.42. The lowest BCUT2D eigenvalue weighted by atomic mass is 10.1. The van der Waals surface area contributed by atoms with Crippen LogP contribution in [0.5, 0.6) is 0 Å². The number of hydrogen-bond donors (Lipinski definition) is 1. The van der Waals surface area contributed by atoms with E-state index in [4.69, 9.17) is 4.98 Å². The van der Waals surface area contributed by atoms with Crippen molar-refractivity contribution in [3.8, 4) is 21.8 Å². The van der Waals surface area contributed by atoms with Gasteiger partial charge in [-0.2, -0.15) is 0 Å². The van der Waals surface area contributed by atoms with Gasteiger partial charge in [-0.1, -0.05) is 24.9 Å². The second kappa shape index (κ2) is 8.89. The summed E-state index contributed by atoms with van der Waals surface area (Å²) >= 11 is 3.03. The molecule has 2 aromatic heterocycles. The molecule has 0 aliphatic heterocycles. The van der Waals surface area contributed by atoms with Crippen molar-refractivity contribution in [3.05, 3.63) is 41.3 Å². The summed E-state index contributed by atoms with van der Waals surface area (Å²) in [4.78, 5) is 14.1. The van der Waals surface area contributed by atoms with Crippen molar-refractivity contribution in [1.82, 2.24) is 15.0 Å². The third kappa shape index (κ3) is 4.51. The lowest BCUT2D eigenvalue weighted by molar-refractivity contribution is 0.635. The van der Waals surface area contributed by atoms with Crippen LogP contribution in [0.1, 0.15) is 37.1 Å². The van der Waals surface area contributed by atoms with Crippen molar-refractivity contribution in [1.29, 1.82) is 0 Å². The first-order valence-corrected chi connectivity index (χ1v) is 12.8. The average Bonchev–Trinajstić information content (AvgIpc) is 3.48. The first-order chi connectivity index (χ1) is 14.1. The Morgan fingerprint density at radius 1 is 1.31 bits per heavy atom. The van der Waals surface area contributed by atoms with Crippen LogP contribution in [0.4, 0.5) is 10.1 Å². The molecule has 0 spiro atoms. The highest BCUT2D eigenvalue weighted by atomic mass is 32.2. The number of halogens is 1. The molecule has 1 atom stereocenters. The minimum atomic E-state index is -1.29. The van der Waals surface area contributed by atoms with Crippen LogP contribution in [0.2, 0.25) is 0 Å². The Labute approximate surface area is 180 Å². The summed E-state index contributed by atoms with van der Waals surface area (Å²) in [5, 5.41) is 1.27. The Morgan fingerprint density at radius 3 is 2.86 bits per heavy atom. The molecular weight excluding hydrogens is 427 g/mol. The Kier molecular flexibility index (Phi) is 6.26. The molecule has 0 radical (unpaired) electrons. The van der Waals surface area contributed by atoms with Gasteiger partial charge in [-0.15, -0.1) is 11.3 Å². The number of nitrogens with one attached hydrogen (secondary N) is 1. The van der Waals surface area contributed by atoms with Crippen molar-refractivity contribution in [3.63, 3.8) is 0 Å². The molecule has 0 saturated heterocycles. The normalized spacial score (nSPS) is 14.7. The van der Waals surface area contributed by atoms with E-state index in [0.717, 1.165) is 34.9 Å². The van der Waals surface area contributed by atoms with Crippen LogP contribution in [-0.4, -0.2) is 31.2 Å². The van der Waals surface area contributed by atoms with Gasteiger partial charge in [-0.3, -0.25) is 4.21 Å². The van der Waals surface area contributed by atoms with E-state index in [-0.39, 0.29) is 11.0 Å². The van der Waals surface area contributed by atoms with Gasteiger partial charge in [0, 0.05) is 29.7 Å². The molecule has 2 heterocycles. The third-order valence-corrected chi connectivity index (χ3v) is 7.36. The zero-order chi connectivity index (χ0) is 20.4. The van der Waals surface area contributed by atoms with Gasteiger partial charge in [0.15, 0.2) is 5.82 Å². The van der Waals surface area contributed by atoms with Gasteiger partial charge in [0.25, 0.3) is 0 Å². The molecule has 9 heteroatoms. The fourth-order valence-electron chi connectivity index (χ4n) is 2.83. The van der Waals surface area contributed by atoms with E-state index in [1.165, 1.54) is 11.9 Å². The van der Waals surface area contributed by atoms with Gasteiger partial charge in [0.1, 0.15) is 0 Å². The van der Waals surface area contributed by atoms with Crippen molar-refractivity contribution >= 4 is 39.8 Å². The fraction of sp³-hybridized carbons (Fsp3) is 0.350. The van der Waals surface area contributed by atoms with Crippen molar-refractivity contribution in [2.45, 2.75) is 37.3 Å². The molecule has 1 saturated carbocycles.